The number of ether oxygens (including phenoxy) is 1. The van der Waals surface area contributed by atoms with Crippen LogP contribution in [0.4, 0.5) is 11.4 Å². The van der Waals surface area contributed by atoms with Crippen LogP contribution in [0.3, 0.4) is 0 Å². The van der Waals surface area contributed by atoms with Crippen LogP contribution in [0.5, 0.6) is 5.75 Å². The molecule has 0 atom stereocenters. The van der Waals surface area contributed by atoms with Gasteiger partial charge in [0.25, 0.3) is 11.6 Å². The molecule has 0 aliphatic carbocycles. The highest BCUT2D eigenvalue weighted by Crippen LogP contribution is 2.29. The third-order valence-electron chi connectivity index (χ3n) is 2.90. The third-order valence-corrected chi connectivity index (χ3v) is 2.90. The van der Waals surface area contributed by atoms with Crippen LogP contribution in [0, 0.1) is 17.0 Å². The molecule has 2 aromatic rings. The maximum absolute atomic E-state index is 12.2. The van der Waals surface area contributed by atoms with Crippen LogP contribution < -0.4 is 10.1 Å². The Balaban J connectivity index is 2.33. The lowest BCUT2D eigenvalue weighted by molar-refractivity contribution is -0.384. The number of aromatic nitrogens is 2. The van der Waals surface area contributed by atoms with Gasteiger partial charge in [0.2, 0.25) is 0 Å². The van der Waals surface area contributed by atoms with Gasteiger partial charge in [0.05, 0.1) is 29.0 Å². The molecule has 1 heterocycles. The van der Waals surface area contributed by atoms with Crippen molar-refractivity contribution in [3.63, 3.8) is 0 Å². The largest absolute Gasteiger partial charge is 0.495 e. The number of methoxy groups -OCH3 is 1. The highest BCUT2D eigenvalue weighted by atomic mass is 16.6. The van der Waals surface area contributed by atoms with Crippen molar-refractivity contribution in [2.75, 3.05) is 12.4 Å². The number of carbonyl (C=O) groups excluding carboxylic acids is 1. The van der Waals surface area contributed by atoms with Crippen LogP contribution in [0.25, 0.3) is 0 Å². The quantitative estimate of drug-likeness (QED) is 0.684. The SMILES string of the molecule is COc1ccc([N+](=O)[O-])cc1NC(=O)c1cn(C)nc1C. The maximum Gasteiger partial charge on any atom is 0.271 e. The molecule has 0 aliphatic heterocycles. The van der Waals surface area contributed by atoms with E-state index in [9.17, 15) is 14.9 Å². The first-order chi connectivity index (χ1) is 9.92. The Labute approximate surface area is 120 Å². The summed E-state index contributed by atoms with van der Waals surface area (Å²) in [6.07, 6.45) is 1.58. The molecule has 1 N–H and O–H groups in total. The van der Waals surface area contributed by atoms with Gasteiger partial charge in [-0.3, -0.25) is 19.6 Å². The topological polar surface area (TPSA) is 99.3 Å². The van der Waals surface area contributed by atoms with E-state index in [0.717, 1.165) is 0 Å². The second kappa shape index (κ2) is 5.61. The molecule has 110 valence electrons. The lowest BCUT2D eigenvalue weighted by Gasteiger charge is -2.09. The predicted molar refractivity (Wildman–Crippen MR) is 75.5 cm³/mol. The number of rotatable bonds is 4. The molecule has 0 spiro atoms. The number of hydrogen-bond donors (Lipinski definition) is 1. The summed E-state index contributed by atoms with van der Waals surface area (Å²) in [5, 5.41) is 17.5. The molecule has 21 heavy (non-hydrogen) atoms. The second-order valence-electron chi connectivity index (χ2n) is 4.40. The molecule has 1 aromatic carbocycles. The van der Waals surface area contributed by atoms with E-state index in [0.29, 0.717) is 17.0 Å². The average Bonchev–Trinajstić information content (AvgIpc) is 2.77. The Morgan fingerprint density at radius 1 is 1.48 bits per heavy atom. The number of nitrogens with one attached hydrogen (secondary N) is 1. The van der Waals surface area contributed by atoms with Crippen molar-refractivity contribution in [1.82, 2.24) is 9.78 Å². The summed E-state index contributed by atoms with van der Waals surface area (Å²) < 4.78 is 6.62. The number of nitrogens with zero attached hydrogens (tertiary/aromatic N) is 3. The van der Waals surface area contributed by atoms with Gasteiger partial charge in [-0.05, 0) is 13.0 Å². The number of anilines is 1. The maximum atomic E-state index is 12.2. The number of benzene rings is 1. The zero-order valence-electron chi connectivity index (χ0n) is 11.8. The molecule has 0 saturated heterocycles. The highest BCUT2D eigenvalue weighted by Gasteiger charge is 2.17. The number of non-ortho nitro benzene ring substituents is 1. The van der Waals surface area contributed by atoms with Crippen LogP contribution in [-0.4, -0.2) is 27.7 Å². The van der Waals surface area contributed by atoms with Gasteiger partial charge < -0.3 is 10.1 Å². The Kier molecular flexibility index (Phi) is 3.88. The van der Waals surface area contributed by atoms with Crippen molar-refractivity contribution in [3.8, 4) is 5.75 Å². The molecule has 0 fully saturated rings. The molecule has 8 nitrogen and oxygen atoms in total. The van der Waals surface area contributed by atoms with Crippen LogP contribution in [0.1, 0.15) is 16.1 Å². The molecular formula is C13H14N4O4. The van der Waals surface area contributed by atoms with Gasteiger partial charge in [-0.2, -0.15) is 5.10 Å². The first-order valence-electron chi connectivity index (χ1n) is 6.06. The molecule has 0 unspecified atom stereocenters. The summed E-state index contributed by atoms with van der Waals surface area (Å²) in [5.74, 6) is -0.0603. The highest BCUT2D eigenvalue weighted by molar-refractivity contribution is 6.05. The van der Waals surface area contributed by atoms with Crippen LogP contribution >= 0.6 is 0 Å². The number of nitro benzene ring substituents is 1. The van der Waals surface area contributed by atoms with E-state index in [4.69, 9.17) is 4.74 Å². The van der Waals surface area contributed by atoms with E-state index in [1.165, 1.54) is 30.0 Å². The number of nitro groups is 1. The standard InChI is InChI=1S/C13H14N4O4/c1-8-10(7-16(2)15-8)13(18)14-11-6-9(17(19)20)4-5-12(11)21-3/h4-7H,1-3H3,(H,14,18). The van der Waals surface area contributed by atoms with Gasteiger partial charge >= 0.3 is 0 Å². The number of carbonyl (C=O) groups is 1. The van der Waals surface area contributed by atoms with Crippen LogP contribution in [0.2, 0.25) is 0 Å². The van der Waals surface area contributed by atoms with E-state index >= 15 is 0 Å². The molecule has 1 aromatic heterocycles. The van der Waals surface area contributed by atoms with Crippen molar-refractivity contribution < 1.29 is 14.5 Å². The van der Waals surface area contributed by atoms with Crippen molar-refractivity contribution in [2.24, 2.45) is 7.05 Å². The van der Waals surface area contributed by atoms with E-state index in [2.05, 4.69) is 10.4 Å². The van der Waals surface area contributed by atoms with Gasteiger partial charge in [-0.15, -0.1) is 0 Å². The van der Waals surface area contributed by atoms with E-state index in [-0.39, 0.29) is 11.4 Å². The van der Waals surface area contributed by atoms with Crippen molar-refractivity contribution in [2.45, 2.75) is 6.92 Å². The minimum absolute atomic E-state index is 0.131. The lowest BCUT2D eigenvalue weighted by Crippen LogP contribution is -2.13. The van der Waals surface area contributed by atoms with Gasteiger partial charge in [-0.1, -0.05) is 0 Å². The molecule has 8 heteroatoms. The van der Waals surface area contributed by atoms with Gasteiger partial charge in [0.15, 0.2) is 0 Å². The fourth-order valence-electron chi connectivity index (χ4n) is 1.92. The minimum atomic E-state index is -0.537. The molecule has 0 saturated carbocycles. The minimum Gasteiger partial charge on any atom is -0.495 e. The third kappa shape index (κ3) is 2.99. The van der Waals surface area contributed by atoms with Gasteiger partial charge in [0.1, 0.15) is 5.75 Å². The van der Waals surface area contributed by atoms with Crippen molar-refractivity contribution >= 4 is 17.3 Å². The smallest absolute Gasteiger partial charge is 0.271 e. The summed E-state index contributed by atoms with van der Waals surface area (Å²) in [6.45, 7) is 1.71. The molecule has 0 radical (unpaired) electrons. The van der Waals surface area contributed by atoms with Crippen LogP contribution in [0.15, 0.2) is 24.4 Å². The molecule has 0 bridgehead atoms. The first-order valence-corrected chi connectivity index (χ1v) is 6.06. The number of amides is 1. The summed E-state index contributed by atoms with van der Waals surface area (Å²) in [5.41, 5.74) is 1.07. The monoisotopic (exact) mass is 290 g/mol. The van der Waals surface area contributed by atoms with E-state index in [1.807, 2.05) is 0 Å². The summed E-state index contributed by atoms with van der Waals surface area (Å²) in [6, 6.07) is 4.00. The Morgan fingerprint density at radius 2 is 2.19 bits per heavy atom. The summed E-state index contributed by atoms with van der Waals surface area (Å²) >= 11 is 0. The van der Waals surface area contributed by atoms with Crippen molar-refractivity contribution in [1.29, 1.82) is 0 Å². The van der Waals surface area contributed by atoms with E-state index < -0.39 is 10.8 Å². The van der Waals surface area contributed by atoms with Gasteiger partial charge in [0, 0.05) is 25.4 Å². The Morgan fingerprint density at radius 3 is 2.71 bits per heavy atom. The predicted octanol–water partition coefficient (Wildman–Crippen LogP) is 1.90. The molecule has 1 amide bonds. The first kappa shape index (κ1) is 14.5. The normalized spacial score (nSPS) is 10.2. The summed E-state index contributed by atoms with van der Waals surface area (Å²) in [7, 11) is 3.13. The van der Waals surface area contributed by atoms with Gasteiger partial charge in [-0.25, -0.2) is 0 Å². The number of aryl methyl sites for hydroxylation is 2. The van der Waals surface area contributed by atoms with E-state index in [1.54, 1.807) is 20.2 Å². The lowest BCUT2D eigenvalue weighted by atomic mass is 10.2. The Bertz CT molecular complexity index is 708. The van der Waals surface area contributed by atoms with Crippen LogP contribution in [-0.2, 0) is 7.05 Å². The fourth-order valence-corrected chi connectivity index (χ4v) is 1.92. The zero-order chi connectivity index (χ0) is 15.6. The molecular weight excluding hydrogens is 276 g/mol. The van der Waals surface area contributed by atoms with Crippen molar-refractivity contribution in [3.05, 3.63) is 45.8 Å². The number of hydrogen-bond acceptors (Lipinski definition) is 5. The summed E-state index contributed by atoms with van der Waals surface area (Å²) in [4.78, 5) is 22.5. The fraction of sp³-hybridized carbons (Fsp3) is 0.231. The molecule has 0 aliphatic rings. The average molecular weight is 290 g/mol. The second-order valence-corrected chi connectivity index (χ2v) is 4.40. The Hall–Kier alpha value is -2.90. The molecule has 2 rings (SSSR count). The zero-order valence-corrected chi connectivity index (χ0v) is 11.8.